The Kier molecular flexibility index (Phi) is 2.43. The molecule has 0 bridgehead atoms. The van der Waals surface area contributed by atoms with Crippen molar-refractivity contribution in [1.29, 1.82) is 0 Å². The van der Waals surface area contributed by atoms with E-state index in [0.717, 1.165) is 16.5 Å². The predicted molar refractivity (Wildman–Crippen MR) is 55.8 cm³/mol. The summed E-state index contributed by atoms with van der Waals surface area (Å²) in [5.74, 6) is 0. The average molecular weight is 188 g/mol. The minimum Gasteiger partial charge on any atom is -0.394 e. The lowest BCUT2D eigenvalue weighted by atomic mass is 10.1. The van der Waals surface area contributed by atoms with Crippen molar-refractivity contribution >= 4 is 10.8 Å². The second-order valence-electron chi connectivity index (χ2n) is 3.25. The Morgan fingerprint density at radius 2 is 2.00 bits per heavy atom. The van der Waals surface area contributed by atoms with E-state index >= 15 is 0 Å². The summed E-state index contributed by atoms with van der Waals surface area (Å²) in [5, 5.41) is 11.1. The Morgan fingerprint density at radius 1 is 1.29 bits per heavy atom. The lowest BCUT2D eigenvalue weighted by molar-refractivity contribution is 0.266. The van der Waals surface area contributed by atoms with Crippen LogP contribution in [-0.2, 0) is 0 Å². The minimum atomic E-state index is -0.389. The van der Waals surface area contributed by atoms with Gasteiger partial charge in [-0.2, -0.15) is 0 Å². The molecule has 0 aliphatic rings. The van der Waals surface area contributed by atoms with E-state index in [1.54, 1.807) is 6.20 Å². The number of nitrogens with two attached hydrogens (primary N) is 1. The molecule has 3 nitrogen and oxygen atoms in total. The molecular formula is C11H12N2O. The maximum absolute atomic E-state index is 8.90. The van der Waals surface area contributed by atoms with Crippen LogP contribution in [0.2, 0.25) is 0 Å². The molecule has 0 aliphatic carbocycles. The molecule has 1 heterocycles. The number of aliphatic hydroxyl groups is 1. The van der Waals surface area contributed by atoms with Crippen LogP contribution < -0.4 is 5.73 Å². The molecule has 2 aromatic rings. The van der Waals surface area contributed by atoms with Crippen LogP contribution in [0, 0.1) is 0 Å². The van der Waals surface area contributed by atoms with E-state index in [9.17, 15) is 0 Å². The van der Waals surface area contributed by atoms with Gasteiger partial charge in [0.05, 0.1) is 18.3 Å². The van der Waals surface area contributed by atoms with Gasteiger partial charge in [0, 0.05) is 11.6 Å². The Morgan fingerprint density at radius 3 is 2.71 bits per heavy atom. The number of nitrogens with zero attached hydrogens (tertiary/aromatic N) is 1. The number of hydrogen-bond acceptors (Lipinski definition) is 3. The summed E-state index contributed by atoms with van der Waals surface area (Å²) in [6.45, 7) is -0.0780. The van der Waals surface area contributed by atoms with Crippen LogP contribution in [0.5, 0.6) is 0 Å². The molecule has 14 heavy (non-hydrogen) atoms. The Bertz CT molecular complexity index is 442. The van der Waals surface area contributed by atoms with Gasteiger partial charge >= 0.3 is 0 Å². The van der Waals surface area contributed by atoms with Gasteiger partial charge in [-0.1, -0.05) is 24.3 Å². The molecule has 0 radical (unpaired) electrons. The van der Waals surface area contributed by atoms with Crippen LogP contribution >= 0.6 is 0 Å². The van der Waals surface area contributed by atoms with Gasteiger partial charge in [0.2, 0.25) is 0 Å². The molecule has 0 fully saturated rings. The number of pyridine rings is 1. The van der Waals surface area contributed by atoms with Gasteiger partial charge in [0.25, 0.3) is 0 Å². The van der Waals surface area contributed by atoms with E-state index in [4.69, 9.17) is 10.8 Å². The third kappa shape index (κ3) is 1.60. The summed E-state index contributed by atoms with van der Waals surface area (Å²) in [6, 6.07) is 9.46. The second kappa shape index (κ2) is 3.74. The number of hydrogen-bond donors (Lipinski definition) is 2. The molecule has 3 N–H and O–H groups in total. The summed E-state index contributed by atoms with van der Waals surface area (Å²) >= 11 is 0. The zero-order valence-electron chi connectivity index (χ0n) is 7.72. The van der Waals surface area contributed by atoms with Crippen LogP contribution in [-0.4, -0.2) is 16.7 Å². The molecule has 1 aromatic carbocycles. The first-order chi connectivity index (χ1) is 6.81. The van der Waals surface area contributed by atoms with Crippen molar-refractivity contribution in [1.82, 2.24) is 4.98 Å². The highest BCUT2D eigenvalue weighted by Gasteiger charge is 2.05. The van der Waals surface area contributed by atoms with Crippen molar-refractivity contribution in [3.8, 4) is 0 Å². The van der Waals surface area contributed by atoms with Crippen molar-refractivity contribution < 1.29 is 5.11 Å². The third-order valence-electron chi connectivity index (χ3n) is 2.23. The molecule has 0 unspecified atom stereocenters. The monoisotopic (exact) mass is 188 g/mol. The first kappa shape index (κ1) is 9.12. The van der Waals surface area contributed by atoms with Crippen LogP contribution in [0.1, 0.15) is 11.7 Å². The summed E-state index contributed by atoms with van der Waals surface area (Å²) in [6.07, 6.45) is 1.78. The van der Waals surface area contributed by atoms with E-state index < -0.39 is 0 Å². The molecule has 1 atom stereocenters. The molecule has 72 valence electrons. The smallest absolute Gasteiger partial charge is 0.0705 e. The number of aliphatic hydroxyl groups excluding tert-OH is 1. The van der Waals surface area contributed by atoms with Crippen LogP contribution in [0.25, 0.3) is 10.8 Å². The van der Waals surface area contributed by atoms with Gasteiger partial charge < -0.3 is 10.8 Å². The highest BCUT2D eigenvalue weighted by Crippen LogP contribution is 2.16. The number of fused-ring (bicyclic) bond motifs is 1. The third-order valence-corrected chi connectivity index (χ3v) is 2.23. The normalized spacial score (nSPS) is 13.0. The van der Waals surface area contributed by atoms with E-state index in [1.807, 2.05) is 30.3 Å². The molecule has 0 amide bonds. The Balaban J connectivity index is 2.51. The van der Waals surface area contributed by atoms with Gasteiger partial charge in [0.1, 0.15) is 0 Å². The first-order valence-electron chi connectivity index (χ1n) is 4.52. The molecule has 0 saturated carbocycles. The quantitative estimate of drug-likeness (QED) is 0.745. The topological polar surface area (TPSA) is 59.1 Å². The number of rotatable bonds is 2. The lowest BCUT2D eigenvalue weighted by Crippen LogP contribution is -2.15. The van der Waals surface area contributed by atoms with Gasteiger partial charge in [-0.25, -0.2) is 0 Å². The Labute approximate surface area is 82.2 Å². The van der Waals surface area contributed by atoms with E-state index in [-0.39, 0.29) is 12.6 Å². The fourth-order valence-corrected chi connectivity index (χ4v) is 1.40. The van der Waals surface area contributed by atoms with Crippen LogP contribution in [0.4, 0.5) is 0 Å². The van der Waals surface area contributed by atoms with Crippen molar-refractivity contribution in [2.24, 2.45) is 5.73 Å². The maximum Gasteiger partial charge on any atom is 0.0705 e. The van der Waals surface area contributed by atoms with E-state index in [1.165, 1.54) is 0 Å². The van der Waals surface area contributed by atoms with Crippen LogP contribution in [0.3, 0.4) is 0 Å². The molecule has 0 aliphatic heterocycles. The fraction of sp³-hybridized carbons (Fsp3) is 0.182. The molecule has 1 aromatic heterocycles. The van der Waals surface area contributed by atoms with Gasteiger partial charge in [-0.05, 0) is 11.5 Å². The van der Waals surface area contributed by atoms with Gasteiger partial charge in [-0.15, -0.1) is 0 Å². The summed E-state index contributed by atoms with van der Waals surface area (Å²) in [4.78, 5) is 4.19. The number of aromatic nitrogens is 1. The first-order valence-corrected chi connectivity index (χ1v) is 4.52. The molecule has 0 spiro atoms. The molecule has 0 saturated heterocycles. The van der Waals surface area contributed by atoms with Crippen LogP contribution in [0.15, 0.2) is 36.5 Å². The van der Waals surface area contributed by atoms with Crippen molar-refractivity contribution in [3.63, 3.8) is 0 Å². The number of benzene rings is 1. The molecule has 2 rings (SSSR count). The van der Waals surface area contributed by atoms with Crippen molar-refractivity contribution in [2.45, 2.75) is 6.04 Å². The molecular weight excluding hydrogens is 176 g/mol. The van der Waals surface area contributed by atoms with E-state index in [0.29, 0.717) is 0 Å². The average Bonchev–Trinajstić information content (AvgIpc) is 2.27. The SMILES string of the molecule is N[C@H](CO)c1cc2ccccc2cn1. The summed E-state index contributed by atoms with van der Waals surface area (Å²) < 4.78 is 0. The highest BCUT2D eigenvalue weighted by atomic mass is 16.3. The van der Waals surface area contributed by atoms with Gasteiger partial charge in [0.15, 0.2) is 0 Å². The second-order valence-corrected chi connectivity index (χ2v) is 3.25. The zero-order valence-corrected chi connectivity index (χ0v) is 7.72. The predicted octanol–water partition coefficient (Wildman–Crippen LogP) is 1.23. The standard InChI is InChI=1S/C11H12N2O/c12-10(7-14)11-5-8-3-1-2-4-9(8)6-13-11/h1-6,10,14H,7,12H2/t10-/m1/s1. The van der Waals surface area contributed by atoms with Crippen molar-refractivity contribution in [3.05, 3.63) is 42.2 Å². The minimum absolute atomic E-state index is 0.0780. The summed E-state index contributed by atoms with van der Waals surface area (Å²) in [5.41, 5.74) is 6.40. The lowest BCUT2D eigenvalue weighted by Gasteiger charge is -2.07. The summed E-state index contributed by atoms with van der Waals surface area (Å²) in [7, 11) is 0. The molecule has 3 heteroatoms. The fourth-order valence-electron chi connectivity index (χ4n) is 1.40. The highest BCUT2D eigenvalue weighted by molar-refractivity contribution is 5.81. The maximum atomic E-state index is 8.90. The largest absolute Gasteiger partial charge is 0.394 e. The Hall–Kier alpha value is -1.45. The zero-order chi connectivity index (χ0) is 9.97. The van der Waals surface area contributed by atoms with Crippen molar-refractivity contribution in [2.75, 3.05) is 6.61 Å². The van der Waals surface area contributed by atoms with Gasteiger partial charge in [-0.3, -0.25) is 4.98 Å². The van der Waals surface area contributed by atoms with E-state index in [2.05, 4.69) is 4.98 Å².